The van der Waals surface area contributed by atoms with E-state index in [4.69, 9.17) is 5.73 Å². The van der Waals surface area contributed by atoms with E-state index in [1.807, 2.05) is 0 Å². The van der Waals surface area contributed by atoms with Crippen molar-refractivity contribution in [2.24, 2.45) is 11.7 Å². The first kappa shape index (κ1) is 5.98. The Hall–Kier alpha value is -0.150. The Labute approximate surface area is 48.2 Å². The van der Waals surface area contributed by atoms with Crippen LogP contribution in [0.5, 0.6) is 0 Å². The number of halogens is 1. The van der Waals surface area contributed by atoms with Gasteiger partial charge < -0.3 is 11.1 Å². The summed E-state index contributed by atoms with van der Waals surface area (Å²) >= 11 is 0. The maximum Gasteiger partial charge on any atom is 0.0950 e. The Kier molecular flexibility index (Phi) is 1.81. The fourth-order valence-electron chi connectivity index (χ4n) is 0.922. The minimum atomic E-state index is -0.284. The van der Waals surface area contributed by atoms with Gasteiger partial charge in [0.1, 0.15) is 0 Å². The van der Waals surface area contributed by atoms with E-state index in [0.29, 0.717) is 0 Å². The third kappa shape index (κ3) is 0.980. The van der Waals surface area contributed by atoms with Gasteiger partial charge in [0.15, 0.2) is 0 Å². The van der Waals surface area contributed by atoms with Crippen molar-refractivity contribution in [1.29, 1.82) is 0 Å². The molecule has 0 radical (unpaired) electrons. The molecule has 2 nitrogen and oxygen atoms in total. The summed E-state index contributed by atoms with van der Waals surface area (Å²) < 4.78 is 11.8. The van der Waals surface area contributed by atoms with Gasteiger partial charge in [0.2, 0.25) is 0 Å². The van der Waals surface area contributed by atoms with E-state index in [-0.39, 0.29) is 18.6 Å². The first-order valence-corrected chi connectivity index (χ1v) is 2.87. The zero-order valence-electron chi connectivity index (χ0n) is 4.73. The van der Waals surface area contributed by atoms with Gasteiger partial charge in [-0.15, -0.1) is 0 Å². The third-order valence-corrected chi connectivity index (χ3v) is 1.59. The average molecular weight is 118 g/mol. The van der Waals surface area contributed by atoms with Crippen LogP contribution >= 0.6 is 0 Å². The first-order chi connectivity index (χ1) is 3.84. The van der Waals surface area contributed by atoms with Crippen LogP contribution in [0.2, 0.25) is 0 Å². The molecular formula is C5H11FN2. The van der Waals surface area contributed by atoms with Gasteiger partial charge in [-0.25, -0.2) is 0 Å². The molecule has 0 unspecified atom stereocenters. The lowest BCUT2D eigenvalue weighted by Crippen LogP contribution is -2.29. The summed E-state index contributed by atoms with van der Waals surface area (Å²) in [5, 5.41) is 3.01. The predicted octanol–water partition coefficient (Wildman–Crippen LogP) is -0.497. The van der Waals surface area contributed by atoms with Gasteiger partial charge >= 0.3 is 0 Å². The van der Waals surface area contributed by atoms with Gasteiger partial charge in [-0.05, 0) is 0 Å². The van der Waals surface area contributed by atoms with E-state index in [1.165, 1.54) is 0 Å². The van der Waals surface area contributed by atoms with E-state index < -0.39 is 0 Å². The maximum absolute atomic E-state index is 11.8. The second kappa shape index (κ2) is 2.42. The SMILES string of the molecule is N[C@@H]1CNC[C@@H]1CF. The summed E-state index contributed by atoms with van der Waals surface area (Å²) in [5.74, 6) is 0.0648. The van der Waals surface area contributed by atoms with E-state index in [9.17, 15) is 4.39 Å². The molecule has 1 rings (SSSR count). The van der Waals surface area contributed by atoms with Crippen LogP contribution in [0, 0.1) is 5.92 Å². The molecule has 2 atom stereocenters. The number of alkyl halides is 1. The van der Waals surface area contributed by atoms with Crippen LogP contribution in [0.1, 0.15) is 0 Å². The highest BCUT2D eigenvalue weighted by atomic mass is 19.1. The van der Waals surface area contributed by atoms with Gasteiger partial charge in [0.05, 0.1) is 6.67 Å². The van der Waals surface area contributed by atoms with Crippen LogP contribution in [-0.4, -0.2) is 25.8 Å². The molecule has 0 aromatic heterocycles. The van der Waals surface area contributed by atoms with Gasteiger partial charge in [-0.3, -0.25) is 4.39 Å². The lowest BCUT2D eigenvalue weighted by Gasteiger charge is -2.06. The van der Waals surface area contributed by atoms with Crippen LogP contribution < -0.4 is 11.1 Å². The molecule has 0 aromatic rings. The summed E-state index contributed by atoms with van der Waals surface area (Å²) in [7, 11) is 0. The fraction of sp³-hybridized carbons (Fsp3) is 1.00. The van der Waals surface area contributed by atoms with E-state index in [1.54, 1.807) is 0 Å². The Balaban J connectivity index is 2.30. The molecule has 0 bridgehead atoms. The third-order valence-electron chi connectivity index (χ3n) is 1.59. The van der Waals surface area contributed by atoms with Crippen molar-refractivity contribution in [3.63, 3.8) is 0 Å². The molecule has 0 spiro atoms. The highest BCUT2D eigenvalue weighted by Crippen LogP contribution is 2.05. The summed E-state index contributed by atoms with van der Waals surface area (Å²) in [6, 6.07) is 0.0417. The molecule has 1 fully saturated rings. The van der Waals surface area contributed by atoms with Crippen molar-refractivity contribution in [2.75, 3.05) is 19.8 Å². The number of nitrogens with one attached hydrogen (secondary N) is 1. The zero-order valence-corrected chi connectivity index (χ0v) is 4.73. The molecule has 0 aromatic carbocycles. The van der Waals surface area contributed by atoms with Crippen molar-refractivity contribution < 1.29 is 4.39 Å². The average Bonchev–Trinajstić information content (AvgIpc) is 2.14. The first-order valence-electron chi connectivity index (χ1n) is 2.87. The summed E-state index contributed by atoms with van der Waals surface area (Å²) in [4.78, 5) is 0. The maximum atomic E-state index is 11.8. The molecule has 0 saturated carbocycles. The molecule has 1 aliphatic rings. The number of rotatable bonds is 1. The normalized spacial score (nSPS) is 38.2. The van der Waals surface area contributed by atoms with Crippen molar-refractivity contribution >= 4 is 0 Å². The minimum Gasteiger partial charge on any atom is -0.326 e. The lowest BCUT2D eigenvalue weighted by atomic mass is 10.1. The molecule has 48 valence electrons. The van der Waals surface area contributed by atoms with E-state index >= 15 is 0 Å². The highest BCUT2D eigenvalue weighted by Gasteiger charge is 2.22. The van der Waals surface area contributed by atoms with Crippen LogP contribution in [-0.2, 0) is 0 Å². The van der Waals surface area contributed by atoms with E-state index in [2.05, 4.69) is 5.32 Å². The lowest BCUT2D eigenvalue weighted by molar-refractivity contribution is 0.358. The standard InChI is InChI=1S/C5H11FN2/c6-1-4-2-8-3-5(4)7/h4-5,8H,1-3,7H2/t4-,5+/m0/s1. The molecule has 0 amide bonds. The van der Waals surface area contributed by atoms with E-state index in [0.717, 1.165) is 13.1 Å². The largest absolute Gasteiger partial charge is 0.326 e. The van der Waals surface area contributed by atoms with Crippen LogP contribution in [0.15, 0.2) is 0 Å². The quantitative estimate of drug-likeness (QED) is 0.487. The van der Waals surface area contributed by atoms with Gasteiger partial charge in [-0.2, -0.15) is 0 Å². The fourth-order valence-corrected chi connectivity index (χ4v) is 0.922. The highest BCUT2D eigenvalue weighted by molar-refractivity contribution is 4.82. The number of hydrogen-bond donors (Lipinski definition) is 2. The van der Waals surface area contributed by atoms with Crippen molar-refractivity contribution in [1.82, 2.24) is 5.32 Å². The minimum absolute atomic E-state index is 0.0417. The summed E-state index contributed by atoms with van der Waals surface area (Å²) in [6.45, 7) is 1.24. The second-order valence-electron chi connectivity index (χ2n) is 2.24. The van der Waals surface area contributed by atoms with Crippen LogP contribution in [0.25, 0.3) is 0 Å². The van der Waals surface area contributed by atoms with Crippen molar-refractivity contribution in [3.05, 3.63) is 0 Å². The Morgan fingerprint density at radius 1 is 1.62 bits per heavy atom. The smallest absolute Gasteiger partial charge is 0.0950 e. The van der Waals surface area contributed by atoms with Crippen LogP contribution in [0.4, 0.5) is 4.39 Å². The van der Waals surface area contributed by atoms with Crippen molar-refractivity contribution in [3.8, 4) is 0 Å². The molecule has 3 heteroatoms. The molecule has 8 heavy (non-hydrogen) atoms. The zero-order chi connectivity index (χ0) is 5.98. The Bertz CT molecular complexity index is 76.8. The second-order valence-corrected chi connectivity index (χ2v) is 2.24. The molecule has 1 saturated heterocycles. The predicted molar refractivity (Wildman–Crippen MR) is 30.3 cm³/mol. The number of nitrogens with two attached hydrogens (primary N) is 1. The molecule has 0 aliphatic carbocycles. The van der Waals surface area contributed by atoms with Crippen molar-refractivity contribution in [2.45, 2.75) is 6.04 Å². The van der Waals surface area contributed by atoms with Gasteiger partial charge in [0.25, 0.3) is 0 Å². The Morgan fingerprint density at radius 2 is 2.38 bits per heavy atom. The molecule has 1 aliphatic heterocycles. The summed E-state index contributed by atoms with van der Waals surface area (Å²) in [5.41, 5.74) is 5.49. The Morgan fingerprint density at radius 3 is 2.62 bits per heavy atom. The topological polar surface area (TPSA) is 38.0 Å². The molecule has 1 heterocycles. The number of hydrogen-bond acceptors (Lipinski definition) is 2. The molecule has 3 N–H and O–H groups in total. The summed E-state index contributed by atoms with van der Waals surface area (Å²) in [6.07, 6.45) is 0. The van der Waals surface area contributed by atoms with Gasteiger partial charge in [-0.1, -0.05) is 0 Å². The van der Waals surface area contributed by atoms with Crippen LogP contribution in [0.3, 0.4) is 0 Å². The monoisotopic (exact) mass is 118 g/mol. The molecular weight excluding hydrogens is 107 g/mol. The van der Waals surface area contributed by atoms with Gasteiger partial charge in [0, 0.05) is 25.0 Å².